The minimum absolute atomic E-state index is 0.0851. The first-order valence-electron chi connectivity index (χ1n) is 5.04. The molecule has 84 valence electrons. The highest BCUT2D eigenvalue weighted by Crippen LogP contribution is 2.11. The van der Waals surface area contributed by atoms with Gasteiger partial charge in [0.1, 0.15) is 0 Å². The van der Waals surface area contributed by atoms with Gasteiger partial charge in [0.05, 0.1) is 0 Å². The SMILES string of the molecule is C/C=C/C=C/C(=O)NCc1cccc(Br)c1. The summed E-state index contributed by atoms with van der Waals surface area (Å²) in [4.78, 5) is 11.3. The van der Waals surface area contributed by atoms with Crippen LogP contribution in [0, 0.1) is 0 Å². The second-order valence-corrected chi connectivity index (χ2v) is 4.15. The maximum absolute atomic E-state index is 11.3. The molecule has 3 heteroatoms. The fraction of sp³-hybridized carbons (Fsp3) is 0.154. The minimum Gasteiger partial charge on any atom is -0.348 e. The lowest BCUT2D eigenvalue weighted by Gasteiger charge is -2.02. The molecule has 0 heterocycles. The van der Waals surface area contributed by atoms with Gasteiger partial charge in [0, 0.05) is 17.1 Å². The number of nitrogens with one attached hydrogen (secondary N) is 1. The summed E-state index contributed by atoms with van der Waals surface area (Å²) in [6, 6.07) is 7.86. The molecule has 1 rings (SSSR count). The Kier molecular flexibility index (Phi) is 5.57. The molecule has 16 heavy (non-hydrogen) atoms. The molecule has 0 spiro atoms. The Balaban J connectivity index is 2.43. The Morgan fingerprint density at radius 2 is 2.25 bits per heavy atom. The van der Waals surface area contributed by atoms with Crippen molar-refractivity contribution in [1.29, 1.82) is 0 Å². The molecule has 1 N–H and O–H groups in total. The van der Waals surface area contributed by atoms with Gasteiger partial charge in [-0.2, -0.15) is 0 Å². The molecule has 0 saturated carbocycles. The molecule has 2 nitrogen and oxygen atoms in total. The van der Waals surface area contributed by atoms with Gasteiger partial charge in [-0.3, -0.25) is 4.79 Å². The van der Waals surface area contributed by atoms with Crippen LogP contribution in [-0.2, 0) is 11.3 Å². The fourth-order valence-corrected chi connectivity index (χ4v) is 1.60. The van der Waals surface area contributed by atoms with Gasteiger partial charge in [-0.1, -0.05) is 46.3 Å². The van der Waals surface area contributed by atoms with Crippen LogP contribution in [0.2, 0.25) is 0 Å². The highest BCUT2D eigenvalue weighted by atomic mass is 79.9. The molecule has 0 unspecified atom stereocenters. The maximum atomic E-state index is 11.3. The van der Waals surface area contributed by atoms with Crippen molar-refractivity contribution in [3.8, 4) is 0 Å². The lowest BCUT2D eigenvalue weighted by atomic mass is 10.2. The van der Waals surface area contributed by atoms with E-state index in [1.807, 2.05) is 43.3 Å². The monoisotopic (exact) mass is 279 g/mol. The van der Waals surface area contributed by atoms with Crippen LogP contribution >= 0.6 is 15.9 Å². The van der Waals surface area contributed by atoms with Crippen molar-refractivity contribution in [3.63, 3.8) is 0 Å². The Labute approximate surface area is 104 Å². The van der Waals surface area contributed by atoms with Crippen molar-refractivity contribution in [2.75, 3.05) is 0 Å². The number of benzene rings is 1. The van der Waals surface area contributed by atoms with E-state index in [2.05, 4.69) is 21.2 Å². The zero-order chi connectivity index (χ0) is 11.8. The van der Waals surface area contributed by atoms with Crippen molar-refractivity contribution < 1.29 is 4.79 Å². The predicted molar refractivity (Wildman–Crippen MR) is 69.9 cm³/mol. The van der Waals surface area contributed by atoms with Gasteiger partial charge in [-0.15, -0.1) is 0 Å². The van der Waals surface area contributed by atoms with E-state index in [0.29, 0.717) is 6.54 Å². The summed E-state index contributed by atoms with van der Waals surface area (Å²) >= 11 is 3.38. The Morgan fingerprint density at radius 3 is 2.94 bits per heavy atom. The average Bonchev–Trinajstić information content (AvgIpc) is 2.27. The molecule has 0 aromatic heterocycles. The second kappa shape index (κ2) is 7.01. The van der Waals surface area contributed by atoms with E-state index in [-0.39, 0.29) is 5.91 Å². The molecule has 0 radical (unpaired) electrons. The molecular formula is C13H14BrNO. The van der Waals surface area contributed by atoms with Crippen LogP contribution in [0.3, 0.4) is 0 Å². The standard InChI is InChI=1S/C13H14BrNO/c1-2-3-4-8-13(16)15-10-11-6-5-7-12(14)9-11/h2-9H,10H2,1H3,(H,15,16)/b3-2+,8-4+. The van der Waals surface area contributed by atoms with Gasteiger partial charge in [0.2, 0.25) is 5.91 Å². The third-order valence-corrected chi connectivity index (χ3v) is 2.40. The highest BCUT2D eigenvalue weighted by molar-refractivity contribution is 9.10. The Hall–Kier alpha value is -1.35. The fourth-order valence-electron chi connectivity index (χ4n) is 1.15. The topological polar surface area (TPSA) is 29.1 Å². The van der Waals surface area contributed by atoms with Crippen LogP contribution in [0.15, 0.2) is 53.0 Å². The van der Waals surface area contributed by atoms with Crippen molar-refractivity contribution >= 4 is 21.8 Å². The van der Waals surface area contributed by atoms with Gasteiger partial charge in [0.15, 0.2) is 0 Å². The summed E-state index contributed by atoms with van der Waals surface area (Å²) in [5.41, 5.74) is 1.07. The Bertz CT molecular complexity index is 410. The maximum Gasteiger partial charge on any atom is 0.244 e. The van der Waals surface area contributed by atoms with E-state index in [0.717, 1.165) is 10.0 Å². The van der Waals surface area contributed by atoms with Gasteiger partial charge in [-0.05, 0) is 24.6 Å². The molecule has 0 saturated heterocycles. The van der Waals surface area contributed by atoms with Crippen molar-refractivity contribution in [3.05, 3.63) is 58.6 Å². The van der Waals surface area contributed by atoms with E-state index < -0.39 is 0 Å². The normalized spacial score (nSPS) is 11.1. The number of amides is 1. The summed E-state index contributed by atoms with van der Waals surface area (Å²) in [6.45, 7) is 2.45. The van der Waals surface area contributed by atoms with Crippen LogP contribution in [-0.4, -0.2) is 5.91 Å². The van der Waals surface area contributed by atoms with Crippen LogP contribution in [0.25, 0.3) is 0 Å². The largest absolute Gasteiger partial charge is 0.348 e. The van der Waals surface area contributed by atoms with Gasteiger partial charge >= 0.3 is 0 Å². The molecule has 0 atom stereocenters. The third kappa shape index (κ3) is 4.94. The minimum atomic E-state index is -0.0851. The number of allylic oxidation sites excluding steroid dienone is 3. The molecule has 0 aliphatic heterocycles. The van der Waals surface area contributed by atoms with Crippen LogP contribution in [0.5, 0.6) is 0 Å². The van der Waals surface area contributed by atoms with E-state index >= 15 is 0 Å². The summed E-state index contributed by atoms with van der Waals surface area (Å²) in [6.07, 6.45) is 6.92. The summed E-state index contributed by atoms with van der Waals surface area (Å²) in [5, 5.41) is 2.80. The van der Waals surface area contributed by atoms with Gasteiger partial charge < -0.3 is 5.32 Å². The summed E-state index contributed by atoms with van der Waals surface area (Å²) in [7, 11) is 0. The third-order valence-electron chi connectivity index (χ3n) is 1.91. The number of hydrogen-bond donors (Lipinski definition) is 1. The van der Waals surface area contributed by atoms with Gasteiger partial charge in [-0.25, -0.2) is 0 Å². The number of halogens is 1. The molecule has 1 amide bonds. The quantitative estimate of drug-likeness (QED) is 0.666. The molecule has 0 aliphatic rings. The zero-order valence-electron chi connectivity index (χ0n) is 9.11. The number of rotatable bonds is 4. The smallest absolute Gasteiger partial charge is 0.244 e. The Morgan fingerprint density at radius 1 is 1.44 bits per heavy atom. The van der Waals surface area contributed by atoms with Crippen molar-refractivity contribution in [1.82, 2.24) is 5.32 Å². The van der Waals surface area contributed by atoms with E-state index in [4.69, 9.17) is 0 Å². The summed E-state index contributed by atoms with van der Waals surface area (Å²) in [5.74, 6) is -0.0851. The average molecular weight is 280 g/mol. The lowest BCUT2D eigenvalue weighted by molar-refractivity contribution is -0.116. The molecule has 0 fully saturated rings. The lowest BCUT2D eigenvalue weighted by Crippen LogP contribution is -2.20. The second-order valence-electron chi connectivity index (χ2n) is 3.23. The molecule has 0 aliphatic carbocycles. The molecule has 1 aromatic rings. The zero-order valence-corrected chi connectivity index (χ0v) is 10.7. The predicted octanol–water partition coefficient (Wildman–Crippen LogP) is 3.20. The molecule has 1 aromatic carbocycles. The van der Waals surface area contributed by atoms with Crippen molar-refractivity contribution in [2.24, 2.45) is 0 Å². The van der Waals surface area contributed by atoms with Crippen LogP contribution < -0.4 is 5.32 Å². The summed E-state index contributed by atoms with van der Waals surface area (Å²) < 4.78 is 1.02. The van der Waals surface area contributed by atoms with E-state index in [9.17, 15) is 4.79 Å². The molecule has 0 bridgehead atoms. The van der Waals surface area contributed by atoms with Gasteiger partial charge in [0.25, 0.3) is 0 Å². The number of carbonyl (C=O) groups excluding carboxylic acids is 1. The van der Waals surface area contributed by atoms with Crippen molar-refractivity contribution in [2.45, 2.75) is 13.5 Å². The molecular weight excluding hydrogens is 266 g/mol. The van der Waals surface area contributed by atoms with E-state index in [1.54, 1.807) is 6.08 Å². The van der Waals surface area contributed by atoms with Crippen LogP contribution in [0.1, 0.15) is 12.5 Å². The highest BCUT2D eigenvalue weighted by Gasteiger charge is 1.96. The number of carbonyl (C=O) groups is 1. The first-order valence-corrected chi connectivity index (χ1v) is 5.83. The van der Waals surface area contributed by atoms with E-state index in [1.165, 1.54) is 6.08 Å². The first-order chi connectivity index (χ1) is 7.72. The first kappa shape index (κ1) is 12.7. The van der Waals surface area contributed by atoms with Crippen LogP contribution in [0.4, 0.5) is 0 Å². The number of hydrogen-bond acceptors (Lipinski definition) is 1.